The van der Waals surface area contributed by atoms with Crippen LogP contribution >= 0.6 is 0 Å². The maximum Gasteiger partial charge on any atom is 0.0443 e. The summed E-state index contributed by atoms with van der Waals surface area (Å²) in [7, 11) is 0. The largest absolute Gasteiger partial charge is 0.396 e. The summed E-state index contributed by atoms with van der Waals surface area (Å²) in [5.41, 5.74) is 1.34. The molecule has 1 aromatic carbocycles. The molecule has 84 valence electrons. The Kier molecular flexibility index (Phi) is 6.05. The third kappa shape index (κ3) is 4.45. The molecule has 1 atom stereocenters. The molecule has 0 aliphatic carbocycles. The summed E-state index contributed by atoms with van der Waals surface area (Å²) >= 11 is 0. The first kappa shape index (κ1) is 12.2. The Bertz CT molecular complexity index is 248. The van der Waals surface area contributed by atoms with Crippen molar-refractivity contribution in [1.82, 2.24) is 5.32 Å². The maximum atomic E-state index is 8.74. The van der Waals surface area contributed by atoms with E-state index in [1.54, 1.807) is 0 Å². The number of hydrogen-bond donors (Lipinski definition) is 2. The molecule has 1 aromatic rings. The second-order valence-corrected chi connectivity index (χ2v) is 3.78. The standard InChI is InChI=1S/C13H21NO/c1-2-7-13(14-10-6-11-15)12-8-4-3-5-9-12/h3-5,8-9,13-15H,2,6-7,10-11H2,1H3/t13-/m1/s1. The van der Waals surface area contributed by atoms with E-state index in [9.17, 15) is 0 Å². The highest BCUT2D eigenvalue weighted by molar-refractivity contribution is 5.18. The van der Waals surface area contributed by atoms with Gasteiger partial charge in [-0.05, 0) is 24.9 Å². The Hall–Kier alpha value is -0.860. The van der Waals surface area contributed by atoms with Crippen molar-refractivity contribution in [2.24, 2.45) is 0 Å². The second kappa shape index (κ2) is 7.43. The summed E-state index contributed by atoms with van der Waals surface area (Å²) in [4.78, 5) is 0. The number of hydrogen-bond acceptors (Lipinski definition) is 2. The Labute approximate surface area is 92.3 Å². The van der Waals surface area contributed by atoms with Gasteiger partial charge in [0.05, 0.1) is 0 Å². The molecule has 0 aliphatic heterocycles. The summed E-state index contributed by atoms with van der Waals surface area (Å²) in [5.74, 6) is 0. The van der Waals surface area contributed by atoms with E-state index in [4.69, 9.17) is 5.11 Å². The van der Waals surface area contributed by atoms with Crippen LogP contribution < -0.4 is 5.32 Å². The summed E-state index contributed by atoms with van der Waals surface area (Å²) in [5, 5.41) is 12.2. The van der Waals surface area contributed by atoms with Crippen molar-refractivity contribution < 1.29 is 5.11 Å². The van der Waals surface area contributed by atoms with Crippen LogP contribution in [0.15, 0.2) is 30.3 Å². The van der Waals surface area contributed by atoms with Crippen LogP contribution in [0.4, 0.5) is 0 Å². The predicted molar refractivity (Wildman–Crippen MR) is 63.8 cm³/mol. The summed E-state index contributed by atoms with van der Waals surface area (Å²) < 4.78 is 0. The van der Waals surface area contributed by atoms with Gasteiger partial charge in [-0.3, -0.25) is 0 Å². The molecule has 2 nitrogen and oxygen atoms in total. The van der Waals surface area contributed by atoms with Crippen molar-refractivity contribution in [2.75, 3.05) is 13.2 Å². The fraction of sp³-hybridized carbons (Fsp3) is 0.538. The summed E-state index contributed by atoms with van der Waals surface area (Å²) in [6, 6.07) is 10.9. The molecular formula is C13H21NO. The van der Waals surface area contributed by atoms with Crippen molar-refractivity contribution in [3.05, 3.63) is 35.9 Å². The summed E-state index contributed by atoms with van der Waals surface area (Å²) in [6.07, 6.45) is 3.15. The number of aliphatic hydroxyl groups is 1. The molecule has 0 saturated heterocycles. The first-order valence-electron chi connectivity index (χ1n) is 5.77. The molecule has 0 bridgehead atoms. The quantitative estimate of drug-likeness (QED) is 0.673. The lowest BCUT2D eigenvalue weighted by atomic mass is 10.0. The van der Waals surface area contributed by atoms with Gasteiger partial charge in [0.1, 0.15) is 0 Å². The van der Waals surface area contributed by atoms with E-state index in [0.29, 0.717) is 6.04 Å². The molecule has 0 radical (unpaired) electrons. The van der Waals surface area contributed by atoms with Crippen LogP contribution in [0.2, 0.25) is 0 Å². The number of aliphatic hydroxyl groups excluding tert-OH is 1. The third-order valence-electron chi connectivity index (χ3n) is 2.50. The SMILES string of the molecule is CCC[C@@H](NCCCO)c1ccccc1. The molecule has 0 amide bonds. The highest BCUT2D eigenvalue weighted by atomic mass is 16.3. The molecule has 0 fully saturated rings. The van der Waals surface area contributed by atoms with E-state index < -0.39 is 0 Å². The minimum Gasteiger partial charge on any atom is -0.396 e. The van der Waals surface area contributed by atoms with Crippen LogP contribution in [0.5, 0.6) is 0 Å². The average molecular weight is 207 g/mol. The van der Waals surface area contributed by atoms with E-state index in [1.807, 2.05) is 6.07 Å². The number of benzene rings is 1. The zero-order valence-corrected chi connectivity index (χ0v) is 9.45. The normalized spacial score (nSPS) is 12.7. The highest BCUT2D eigenvalue weighted by Crippen LogP contribution is 2.17. The van der Waals surface area contributed by atoms with E-state index in [-0.39, 0.29) is 6.61 Å². The van der Waals surface area contributed by atoms with Gasteiger partial charge in [-0.25, -0.2) is 0 Å². The van der Waals surface area contributed by atoms with Gasteiger partial charge < -0.3 is 10.4 Å². The van der Waals surface area contributed by atoms with Gasteiger partial charge in [0.15, 0.2) is 0 Å². The maximum absolute atomic E-state index is 8.74. The van der Waals surface area contributed by atoms with Crippen LogP contribution in [0.25, 0.3) is 0 Å². The lowest BCUT2D eigenvalue weighted by Crippen LogP contribution is -2.22. The minimum absolute atomic E-state index is 0.265. The van der Waals surface area contributed by atoms with Crippen LogP contribution in [-0.4, -0.2) is 18.3 Å². The zero-order chi connectivity index (χ0) is 10.9. The zero-order valence-electron chi connectivity index (χ0n) is 9.45. The molecular weight excluding hydrogens is 186 g/mol. The number of rotatable bonds is 7. The van der Waals surface area contributed by atoms with E-state index in [2.05, 4.69) is 36.5 Å². The van der Waals surface area contributed by atoms with E-state index >= 15 is 0 Å². The van der Waals surface area contributed by atoms with Crippen LogP contribution in [0.3, 0.4) is 0 Å². The topological polar surface area (TPSA) is 32.3 Å². The fourth-order valence-electron chi connectivity index (χ4n) is 1.72. The lowest BCUT2D eigenvalue weighted by Gasteiger charge is -2.18. The molecule has 0 aromatic heterocycles. The summed E-state index contributed by atoms with van der Waals surface area (Å²) in [6.45, 7) is 3.35. The highest BCUT2D eigenvalue weighted by Gasteiger charge is 2.08. The van der Waals surface area contributed by atoms with Gasteiger partial charge in [-0.1, -0.05) is 43.7 Å². The van der Waals surface area contributed by atoms with Gasteiger partial charge in [0, 0.05) is 12.6 Å². The lowest BCUT2D eigenvalue weighted by molar-refractivity contribution is 0.282. The van der Waals surface area contributed by atoms with Crippen molar-refractivity contribution in [3.8, 4) is 0 Å². The Balaban J connectivity index is 2.50. The van der Waals surface area contributed by atoms with Gasteiger partial charge in [-0.2, -0.15) is 0 Å². The van der Waals surface area contributed by atoms with Crippen LogP contribution in [0.1, 0.15) is 37.8 Å². The molecule has 0 aliphatic rings. The minimum atomic E-state index is 0.265. The molecule has 0 unspecified atom stereocenters. The molecule has 0 spiro atoms. The van der Waals surface area contributed by atoms with E-state index in [1.165, 1.54) is 12.0 Å². The first-order chi connectivity index (χ1) is 7.38. The first-order valence-corrected chi connectivity index (χ1v) is 5.77. The average Bonchev–Trinajstić information content (AvgIpc) is 2.29. The van der Waals surface area contributed by atoms with Crippen molar-refractivity contribution in [2.45, 2.75) is 32.2 Å². The molecule has 15 heavy (non-hydrogen) atoms. The van der Waals surface area contributed by atoms with Gasteiger partial charge >= 0.3 is 0 Å². The smallest absolute Gasteiger partial charge is 0.0443 e. The fourth-order valence-corrected chi connectivity index (χ4v) is 1.72. The van der Waals surface area contributed by atoms with Crippen molar-refractivity contribution in [3.63, 3.8) is 0 Å². The molecule has 2 N–H and O–H groups in total. The van der Waals surface area contributed by atoms with Gasteiger partial charge in [-0.15, -0.1) is 0 Å². The Morgan fingerprint density at radius 1 is 1.27 bits per heavy atom. The van der Waals surface area contributed by atoms with Crippen molar-refractivity contribution >= 4 is 0 Å². The monoisotopic (exact) mass is 207 g/mol. The van der Waals surface area contributed by atoms with Crippen LogP contribution in [-0.2, 0) is 0 Å². The third-order valence-corrected chi connectivity index (χ3v) is 2.50. The molecule has 1 rings (SSSR count). The predicted octanol–water partition coefficient (Wildman–Crippen LogP) is 2.50. The molecule has 0 saturated carbocycles. The molecule has 0 heterocycles. The Morgan fingerprint density at radius 2 is 2.00 bits per heavy atom. The van der Waals surface area contributed by atoms with Gasteiger partial charge in [0.25, 0.3) is 0 Å². The van der Waals surface area contributed by atoms with E-state index in [0.717, 1.165) is 19.4 Å². The van der Waals surface area contributed by atoms with Crippen LogP contribution in [0, 0.1) is 0 Å². The van der Waals surface area contributed by atoms with Gasteiger partial charge in [0.2, 0.25) is 0 Å². The second-order valence-electron chi connectivity index (χ2n) is 3.78. The number of nitrogens with one attached hydrogen (secondary N) is 1. The molecule has 2 heteroatoms. The Morgan fingerprint density at radius 3 is 2.60 bits per heavy atom. The van der Waals surface area contributed by atoms with Crippen molar-refractivity contribution in [1.29, 1.82) is 0 Å².